The van der Waals surface area contributed by atoms with Gasteiger partial charge in [0.25, 0.3) is 0 Å². The van der Waals surface area contributed by atoms with E-state index in [1.54, 1.807) is 11.3 Å². The first-order chi connectivity index (χ1) is 13.4. The summed E-state index contributed by atoms with van der Waals surface area (Å²) in [5.41, 5.74) is 2.92. The molecule has 3 rings (SSSR count). The van der Waals surface area contributed by atoms with Gasteiger partial charge in [-0.2, -0.15) is 0 Å². The van der Waals surface area contributed by atoms with E-state index in [-0.39, 0.29) is 5.75 Å². The lowest BCUT2D eigenvalue weighted by Crippen LogP contribution is -2.05. The maximum Gasteiger partial charge on any atom is 0.313 e. The highest BCUT2D eigenvalue weighted by Gasteiger charge is 2.15. The number of aromatic nitrogens is 2. The van der Waals surface area contributed by atoms with Gasteiger partial charge in [-0.05, 0) is 75.5 Å². The average molecular weight is 543 g/mol. The molecule has 0 aliphatic rings. The normalized spacial score (nSPS) is 10.9. The number of aliphatic carboxylic acids is 1. The molecule has 2 aromatic heterocycles. The number of thiophene rings is 1. The molecule has 0 atom stereocenters. The fourth-order valence-corrected chi connectivity index (χ4v) is 5.19. The van der Waals surface area contributed by atoms with E-state index in [4.69, 9.17) is 10.1 Å². The number of carboxylic acid groups (broad SMARTS) is 1. The van der Waals surface area contributed by atoms with E-state index in [1.807, 2.05) is 37.3 Å². The maximum absolute atomic E-state index is 10.7. The first-order valence-corrected chi connectivity index (χ1v) is 11.8. The number of nitrogens with zero attached hydrogens (tertiary/aromatic N) is 2. The summed E-state index contributed by atoms with van der Waals surface area (Å²) >= 11 is 9.91. The van der Waals surface area contributed by atoms with Crippen molar-refractivity contribution in [2.75, 3.05) is 11.1 Å². The van der Waals surface area contributed by atoms with Crippen molar-refractivity contribution in [2.24, 2.45) is 0 Å². The number of anilines is 2. The van der Waals surface area contributed by atoms with E-state index >= 15 is 0 Å². The van der Waals surface area contributed by atoms with Crippen LogP contribution >= 0.6 is 55.0 Å². The van der Waals surface area contributed by atoms with Crippen LogP contribution in [0.1, 0.15) is 18.2 Å². The maximum atomic E-state index is 10.7. The van der Waals surface area contributed by atoms with Crippen LogP contribution in [-0.4, -0.2) is 26.8 Å². The fraction of sp³-hybridized carbons (Fsp3) is 0.211. The molecule has 2 heterocycles. The smallest absolute Gasteiger partial charge is 0.313 e. The average Bonchev–Trinajstić information content (AvgIpc) is 3.00. The molecule has 0 amide bonds. The minimum absolute atomic E-state index is 0.0488. The summed E-state index contributed by atoms with van der Waals surface area (Å²) in [6.07, 6.45) is 0.818. The molecular weight excluding hydrogens is 526 g/mol. The summed E-state index contributed by atoms with van der Waals surface area (Å²) in [6, 6.07) is 9.68. The zero-order valence-corrected chi connectivity index (χ0v) is 19.9. The van der Waals surface area contributed by atoms with Crippen molar-refractivity contribution >= 4 is 72.4 Å². The number of benzene rings is 1. The van der Waals surface area contributed by atoms with Crippen LogP contribution in [0.4, 0.5) is 11.5 Å². The molecule has 0 aliphatic carbocycles. The quantitative estimate of drug-likeness (QED) is 0.331. The molecule has 3 aromatic rings. The molecule has 0 saturated heterocycles. The second kappa shape index (κ2) is 9.39. The van der Waals surface area contributed by atoms with Crippen LogP contribution in [0, 0.1) is 6.92 Å². The number of nitrogens with one attached hydrogen (secondary N) is 1. The van der Waals surface area contributed by atoms with E-state index in [0.717, 1.165) is 47.2 Å². The number of hydrogen-bond acceptors (Lipinski definition) is 6. The summed E-state index contributed by atoms with van der Waals surface area (Å²) in [6.45, 7) is 4.08. The first-order valence-electron chi connectivity index (χ1n) is 8.41. The van der Waals surface area contributed by atoms with Crippen molar-refractivity contribution in [2.45, 2.75) is 25.2 Å². The molecule has 5 nitrogen and oxygen atoms in total. The van der Waals surface area contributed by atoms with Gasteiger partial charge in [0.15, 0.2) is 5.82 Å². The Morgan fingerprint density at radius 2 is 1.96 bits per heavy atom. The van der Waals surface area contributed by atoms with Crippen molar-refractivity contribution in [3.05, 3.63) is 49.8 Å². The van der Waals surface area contributed by atoms with Gasteiger partial charge >= 0.3 is 5.97 Å². The summed E-state index contributed by atoms with van der Waals surface area (Å²) in [4.78, 5) is 22.0. The third kappa shape index (κ3) is 5.14. The second-order valence-electron chi connectivity index (χ2n) is 5.88. The Balaban J connectivity index is 1.89. The Bertz CT molecular complexity index is 988. The van der Waals surface area contributed by atoms with Crippen LogP contribution in [0.3, 0.4) is 0 Å². The Morgan fingerprint density at radius 3 is 2.54 bits per heavy atom. The van der Waals surface area contributed by atoms with Gasteiger partial charge in [-0.1, -0.05) is 6.92 Å². The molecule has 1 aromatic carbocycles. The monoisotopic (exact) mass is 541 g/mol. The Kier molecular flexibility index (Phi) is 7.14. The van der Waals surface area contributed by atoms with Crippen molar-refractivity contribution in [1.82, 2.24) is 9.97 Å². The molecule has 9 heteroatoms. The van der Waals surface area contributed by atoms with Crippen LogP contribution in [0.25, 0.3) is 10.7 Å². The Hall–Kier alpha value is -1.42. The topological polar surface area (TPSA) is 75.1 Å². The number of thioether (sulfide) groups is 1. The van der Waals surface area contributed by atoms with E-state index in [2.05, 4.69) is 49.1 Å². The van der Waals surface area contributed by atoms with E-state index in [0.29, 0.717) is 5.82 Å². The highest BCUT2D eigenvalue weighted by atomic mass is 79.9. The van der Waals surface area contributed by atoms with Crippen molar-refractivity contribution in [3.63, 3.8) is 0 Å². The molecule has 0 fully saturated rings. The van der Waals surface area contributed by atoms with Crippen LogP contribution in [0.2, 0.25) is 0 Å². The molecule has 0 aliphatic heterocycles. The zero-order valence-electron chi connectivity index (χ0n) is 15.1. The van der Waals surface area contributed by atoms with Crippen LogP contribution < -0.4 is 5.32 Å². The van der Waals surface area contributed by atoms with Crippen LogP contribution in [0.5, 0.6) is 0 Å². The lowest BCUT2D eigenvalue weighted by atomic mass is 10.1. The lowest BCUT2D eigenvalue weighted by molar-refractivity contribution is -0.133. The van der Waals surface area contributed by atoms with E-state index in [9.17, 15) is 4.79 Å². The summed E-state index contributed by atoms with van der Waals surface area (Å²) in [7, 11) is 0. The molecular formula is C19H17Br2N3O2S2. The van der Waals surface area contributed by atoms with Gasteiger partial charge in [0, 0.05) is 26.3 Å². The van der Waals surface area contributed by atoms with Gasteiger partial charge < -0.3 is 10.4 Å². The molecule has 28 heavy (non-hydrogen) atoms. The number of carbonyl (C=O) groups is 1. The van der Waals surface area contributed by atoms with Gasteiger partial charge in [0.1, 0.15) is 5.82 Å². The zero-order chi connectivity index (χ0) is 20.3. The predicted molar refractivity (Wildman–Crippen MR) is 123 cm³/mol. The summed E-state index contributed by atoms with van der Waals surface area (Å²) in [5, 5.41) is 12.2. The van der Waals surface area contributed by atoms with Crippen molar-refractivity contribution < 1.29 is 9.90 Å². The molecule has 0 spiro atoms. The van der Waals surface area contributed by atoms with Gasteiger partial charge in [-0.15, -0.1) is 23.1 Å². The number of hydrogen-bond donors (Lipinski definition) is 2. The predicted octanol–water partition coefficient (Wildman–Crippen LogP) is 6.52. The summed E-state index contributed by atoms with van der Waals surface area (Å²) < 4.78 is 1.99. The SMILES string of the molecule is CCc1c(C)nc(-c2cc(Br)c(Br)s2)nc1Nc1ccc(SCC(=O)O)cc1. The fourth-order valence-electron chi connectivity index (χ4n) is 2.61. The van der Waals surface area contributed by atoms with Crippen molar-refractivity contribution in [1.29, 1.82) is 0 Å². The van der Waals surface area contributed by atoms with E-state index in [1.165, 1.54) is 11.8 Å². The Labute approximate surface area is 188 Å². The third-order valence-corrected chi connectivity index (χ3v) is 8.16. The molecule has 146 valence electrons. The summed E-state index contributed by atoms with van der Waals surface area (Å²) in [5.74, 6) is 0.696. The Morgan fingerprint density at radius 1 is 1.25 bits per heavy atom. The number of carboxylic acids is 1. The number of aryl methyl sites for hydroxylation is 1. The van der Waals surface area contributed by atoms with Crippen LogP contribution in [-0.2, 0) is 11.2 Å². The highest BCUT2D eigenvalue weighted by molar-refractivity contribution is 9.13. The molecule has 0 radical (unpaired) electrons. The standard InChI is InChI=1S/C19H17Br2N3O2S2/c1-3-13-10(2)22-19(15-8-14(20)17(21)28-15)24-18(13)23-11-4-6-12(7-5-11)27-9-16(25)26/h4-8H,3,9H2,1-2H3,(H,25,26)(H,22,23,24). The van der Waals surface area contributed by atoms with E-state index < -0.39 is 5.97 Å². The number of rotatable bonds is 7. The highest BCUT2D eigenvalue weighted by Crippen LogP contribution is 2.38. The van der Waals surface area contributed by atoms with Crippen LogP contribution in [0.15, 0.2) is 43.5 Å². The van der Waals surface area contributed by atoms with Gasteiger partial charge in [-0.25, -0.2) is 9.97 Å². The largest absolute Gasteiger partial charge is 0.481 e. The van der Waals surface area contributed by atoms with Crippen molar-refractivity contribution in [3.8, 4) is 10.7 Å². The first kappa shape index (κ1) is 21.3. The third-order valence-electron chi connectivity index (χ3n) is 3.91. The van der Waals surface area contributed by atoms with Gasteiger partial charge in [0.2, 0.25) is 0 Å². The molecule has 0 unspecified atom stereocenters. The second-order valence-corrected chi connectivity index (χ2v) is 10.2. The van der Waals surface area contributed by atoms with Gasteiger partial charge in [0.05, 0.1) is 14.4 Å². The molecule has 0 bridgehead atoms. The molecule has 0 saturated carbocycles. The lowest BCUT2D eigenvalue weighted by Gasteiger charge is -2.14. The van der Waals surface area contributed by atoms with Gasteiger partial charge in [-0.3, -0.25) is 4.79 Å². The molecule has 2 N–H and O–H groups in total. The minimum Gasteiger partial charge on any atom is -0.481 e. The minimum atomic E-state index is -0.823. The number of halogens is 2.